The number of imidazole rings is 1. The Morgan fingerprint density at radius 2 is 2.11 bits per heavy atom. The number of hydrogen-bond donors (Lipinski definition) is 3. The summed E-state index contributed by atoms with van der Waals surface area (Å²) in [5.74, 6) is 0.534. The number of hydrogen-bond acceptors (Lipinski definition) is 5. The molecule has 1 aliphatic rings. The second-order valence-corrected chi connectivity index (χ2v) is 9.51. The number of rotatable bonds is 9. The molecule has 1 aromatic carbocycles. The molecule has 0 aliphatic carbocycles. The van der Waals surface area contributed by atoms with Crippen molar-refractivity contribution >= 4 is 26.8 Å². The average molecular weight is 393 g/mol. The van der Waals surface area contributed by atoms with E-state index in [1.165, 1.54) is 0 Å². The molecule has 0 amide bonds. The van der Waals surface area contributed by atoms with Crippen LogP contribution in [0, 0.1) is 5.92 Å². The van der Waals surface area contributed by atoms with Crippen LogP contribution in [0.1, 0.15) is 49.4 Å². The summed E-state index contributed by atoms with van der Waals surface area (Å²) in [6.45, 7) is 4.17. The highest BCUT2D eigenvalue weighted by Crippen LogP contribution is 2.17. The van der Waals surface area contributed by atoms with Gasteiger partial charge in [-0.2, -0.15) is 0 Å². The van der Waals surface area contributed by atoms with Crippen LogP contribution >= 0.6 is 0 Å². The van der Waals surface area contributed by atoms with E-state index in [1.54, 1.807) is 31.5 Å². The number of H-pyrrole nitrogens is 1. The van der Waals surface area contributed by atoms with Crippen LogP contribution < -0.4 is 10.0 Å². The summed E-state index contributed by atoms with van der Waals surface area (Å²) in [5, 5.41) is 2.72. The van der Waals surface area contributed by atoms with Gasteiger partial charge < -0.3 is 10.3 Å². The van der Waals surface area contributed by atoms with Gasteiger partial charge in [-0.1, -0.05) is 0 Å². The van der Waals surface area contributed by atoms with Gasteiger partial charge in [-0.3, -0.25) is 4.79 Å². The molecule has 1 fully saturated rings. The molecule has 0 spiro atoms. The first-order chi connectivity index (χ1) is 13.0. The predicted molar refractivity (Wildman–Crippen MR) is 106 cm³/mol. The van der Waals surface area contributed by atoms with Gasteiger partial charge in [-0.05, 0) is 69.8 Å². The number of aromatic nitrogens is 2. The van der Waals surface area contributed by atoms with Crippen molar-refractivity contribution < 1.29 is 13.2 Å². The smallest absolute Gasteiger partial charge is 0.214 e. The predicted octanol–water partition coefficient (Wildman–Crippen LogP) is 2.22. The van der Waals surface area contributed by atoms with E-state index < -0.39 is 15.3 Å². The van der Waals surface area contributed by atoms with Crippen LogP contribution in [0.4, 0.5) is 0 Å². The minimum absolute atomic E-state index is 0.0525. The Bertz CT molecular complexity index is 872. The van der Waals surface area contributed by atoms with Crippen molar-refractivity contribution in [3.8, 4) is 0 Å². The molecule has 0 radical (unpaired) electrons. The second kappa shape index (κ2) is 8.95. The molecular formula is C19H28N4O3S. The van der Waals surface area contributed by atoms with Gasteiger partial charge in [0, 0.05) is 18.5 Å². The maximum atomic E-state index is 12.4. The number of piperidine rings is 1. The monoisotopic (exact) mass is 392 g/mol. The first-order valence-corrected chi connectivity index (χ1v) is 11.2. The van der Waals surface area contributed by atoms with Gasteiger partial charge in [0.15, 0.2) is 5.78 Å². The fourth-order valence-corrected chi connectivity index (χ4v) is 4.58. The molecule has 148 valence electrons. The molecule has 1 aromatic heterocycles. The SMILES string of the molecule is CC(CCC(=O)c1ccc2nc[nH]c2c1)S(=O)(=O)NCCC1CCNCC1. The van der Waals surface area contributed by atoms with E-state index in [2.05, 4.69) is 20.0 Å². The minimum Gasteiger partial charge on any atom is -0.345 e. The number of fused-ring (bicyclic) bond motifs is 1. The molecule has 2 heterocycles. The zero-order chi connectivity index (χ0) is 19.3. The van der Waals surface area contributed by atoms with E-state index in [1.807, 2.05) is 0 Å². The lowest BCUT2D eigenvalue weighted by Gasteiger charge is -2.23. The van der Waals surface area contributed by atoms with Crippen LogP contribution in [0.5, 0.6) is 0 Å². The van der Waals surface area contributed by atoms with Crippen LogP contribution in [0.25, 0.3) is 11.0 Å². The molecule has 3 N–H and O–H groups in total. The molecule has 1 unspecified atom stereocenters. The lowest BCUT2D eigenvalue weighted by molar-refractivity contribution is 0.0980. The van der Waals surface area contributed by atoms with E-state index in [0.717, 1.165) is 43.4 Å². The lowest BCUT2D eigenvalue weighted by atomic mass is 9.95. The quantitative estimate of drug-likeness (QED) is 0.568. The second-order valence-electron chi connectivity index (χ2n) is 7.33. The topological polar surface area (TPSA) is 104 Å². The summed E-state index contributed by atoms with van der Waals surface area (Å²) < 4.78 is 27.5. The molecule has 7 nitrogen and oxygen atoms in total. The van der Waals surface area contributed by atoms with Crippen LogP contribution in [0.15, 0.2) is 24.5 Å². The summed E-state index contributed by atoms with van der Waals surface area (Å²) in [6, 6.07) is 5.30. The molecule has 27 heavy (non-hydrogen) atoms. The first-order valence-electron chi connectivity index (χ1n) is 9.61. The van der Waals surface area contributed by atoms with Crippen LogP contribution in [-0.2, 0) is 10.0 Å². The van der Waals surface area contributed by atoms with Crippen molar-refractivity contribution in [2.24, 2.45) is 5.92 Å². The minimum atomic E-state index is -3.40. The van der Waals surface area contributed by atoms with Crippen LogP contribution in [0.2, 0.25) is 0 Å². The molecule has 1 aliphatic heterocycles. The van der Waals surface area contributed by atoms with Crippen molar-refractivity contribution in [1.29, 1.82) is 0 Å². The van der Waals surface area contributed by atoms with Crippen molar-refractivity contribution in [1.82, 2.24) is 20.0 Å². The fraction of sp³-hybridized carbons (Fsp3) is 0.579. The van der Waals surface area contributed by atoms with Crippen LogP contribution in [-0.4, -0.2) is 49.1 Å². The molecule has 8 heteroatoms. The van der Waals surface area contributed by atoms with Crippen molar-refractivity contribution in [3.05, 3.63) is 30.1 Å². The molecular weight excluding hydrogens is 364 g/mol. The van der Waals surface area contributed by atoms with Gasteiger partial charge >= 0.3 is 0 Å². The Balaban J connectivity index is 1.46. The van der Waals surface area contributed by atoms with Gasteiger partial charge in [0.1, 0.15) is 0 Å². The normalized spacial score (nSPS) is 17.2. The number of sulfonamides is 1. The molecule has 1 atom stereocenters. The number of carbonyl (C=O) groups is 1. The first kappa shape index (κ1) is 20.0. The number of carbonyl (C=O) groups excluding carboxylic acids is 1. The number of nitrogens with zero attached hydrogens (tertiary/aromatic N) is 1. The van der Waals surface area contributed by atoms with Gasteiger partial charge in [-0.15, -0.1) is 0 Å². The highest BCUT2D eigenvalue weighted by molar-refractivity contribution is 7.90. The molecule has 1 saturated heterocycles. The highest BCUT2D eigenvalue weighted by atomic mass is 32.2. The summed E-state index contributed by atoms with van der Waals surface area (Å²) >= 11 is 0. The van der Waals surface area contributed by atoms with E-state index in [4.69, 9.17) is 0 Å². The molecule has 0 saturated carbocycles. The summed E-state index contributed by atoms with van der Waals surface area (Å²) in [4.78, 5) is 19.5. The Kier molecular flexibility index (Phi) is 6.62. The van der Waals surface area contributed by atoms with E-state index in [-0.39, 0.29) is 12.2 Å². The van der Waals surface area contributed by atoms with E-state index in [0.29, 0.717) is 24.4 Å². The fourth-order valence-electron chi connectivity index (χ4n) is 3.46. The van der Waals surface area contributed by atoms with E-state index >= 15 is 0 Å². The number of Topliss-reactive ketones (excluding diaryl/α,β-unsaturated/α-hetero) is 1. The molecule has 0 bridgehead atoms. The largest absolute Gasteiger partial charge is 0.345 e. The third-order valence-electron chi connectivity index (χ3n) is 5.36. The zero-order valence-electron chi connectivity index (χ0n) is 15.7. The lowest BCUT2D eigenvalue weighted by Crippen LogP contribution is -2.35. The summed E-state index contributed by atoms with van der Waals surface area (Å²) in [6.07, 6.45) is 5.18. The zero-order valence-corrected chi connectivity index (χ0v) is 16.5. The van der Waals surface area contributed by atoms with Crippen molar-refractivity contribution in [3.63, 3.8) is 0 Å². The van der Waals surface area contributed by atoms with Gasteiger partial charge in [0.2, 0.25) is 10.0 Å². The third kappa shape index (κ3) is 5.37. The number of aromatic amines is 1. The Morgan fingerprint density at radius 3 is 2.89 bits per heavy atom. The van der Waals surface area contributed by atoms with Gasteiger partial charge in [-0.25, -0.2) is 18.1 Å². The maximum absolute atomic E-state index is 12.4. The van der Waals surface area contributed by atoms with Crippen molar-refractivity contribution in [2.45, 2.75) is 44.3 Å². The van der Waals surface area contributed by atoms with E-state index in [9.17, 15) is 13.2 Å². The standard InChI is InChI=1S/C19H28N4O3S/c1-14(27(25,26)23-11-8-15-6-9-20-10-7-15)2-5-19(24)16-3-4-17-18(12-16)22-13-21-17/h3-4,12-15,20,23H,2,5-11H2,1H3,(H,21,22). The summed E-state index contributed by atoms with van der Waals surface area (Å²) in [5.41, 5.74) is 2.19. The van der Waals surface area contributed by atoms with Gasteiger partial charge in [0.25, 0.3) is 0 Å². The van der Waals surface area contributed by atoms with Crippen LogP contribution in [0.3, 0.4) is 0 Å². The number of benzene rings is 1. The number of ketones is 1. The number of nitrogens with one attached hydrogen (secondary N) is 3. The average Bonchev–Trinajstić information content (AvgIpc) is 3.14. The van der Waals surface area contributed by atoms with Gasteiger partial charge in [0.05, 0.1) is 22.6 Å². The third-order valence-corrected chi connectivity index (χ3v) is 7.27. The highest BCUT2D eigenvalue weighted by Gasteiger charge is 2.22. The summed E-state index contributed by atoms with van der Waals surface area (Å²) in [7, 11) is -3.40. The molecule has 3 rings (SSSR count). The maximum Gasteiger partial charge on any atom is 0.214 e. The van der Waals surface area contributed by atoms with Crippen molar-refractivity contribution in [2.75, 3.05) is 19.6 Å². The molecule has 2 aromatic rings. The Morgan fingerprint density at radius 1 is 1.33 bits per heavy atom. The Hall–Kier alpha value is -1.77. The Labute approximate surface area is 160 Å².